The number of rotatable bonds is 4. The van der Waals surface area contributed by atoms with Gasteiger partial charge in [0.25, 0.3) is 0 Å². The highest BCUT2D eigenvalue weighted by Crippen LogP contribution is 2.36. The summed E-state index contributed by atoms with van der Waals surface area (Å²) in [5.41, 5.74) is 4.48. The fourth-order valence-electron chi connectivity index (χ4n) is 1.61. The summed E-state index contributed by atoms with van der Waals surface area (Å²) in [4.78, 5) is 0. The number of methoxy groups -OCH3 is 1. The first-order valence-corrected chi connectivity index (χ1v) is 5.56. The number of benzene rings is 1. The van der Waals surface area contributed by atoms with Gasteiger partial charge in [-0.25, -0.2) is 4.39 Å². The Balaban J connectivity index is 3.21. The molecule has 0 saturated carbocycles. The molecule has 16 heavy (non-hydrogen) atoms. The minimum absolute atomic E-state index is 0.0601. The zero-order chi connectivity index (χ0) is 12.3. The standard InChI is InChI=1S/C12H17ClFNO/c1-8(2)12(14,7-15)9-4-5-10(13)11(6-9)16-3/h4-6,8H,7,15H2,1-3H3. The van der Waals surface area contributed by atoms with E-state index in [1.165, 1.54) is 7.11 Å². The molecule has 2 N–H and O–H groups in total. The van der Waals surface area contributed by atoms with E-state index in [0.717, 1.165) is 0 Å². The zero-order valence-corrected chi connectivity index (χ0v) is 10.5. The molecule has 2 nitrogen and oxygen atoms in total. The van der Waals surface area contributed by atoms with Crippen molar-refractivity contribution in [1.82, 2.24) is 0 Å². The van der Waals surface area contributed by atoms with Gasteiger partial charge in [0.1, 0.15) is 5.75 Å². The molecule has 0 amide bonds. The van der Waals surface area contributed by atoms with Gasteiger partial charge in [0.2, 0.25) is 0 Å². The van der Waals surface area contributed by atoms with Crippen molar-refractivity contribution in [3.63, 3.8) is 0 Å². The van der Waals surface area contributed by atoms with Crippen molar-refractivity contribution in [2.75, 3.05) is 13.7 Å². The van der Waals surface area contributed by atoms with Gasteiger partial charge in [-0.2, -0.15) is 0 Å². The van der Waals surface area contributed by atoms with Gasteiger partial charge in [-0.1, -0.05) is 31.5 Å². The Morgan fingerprint density at radius 3 is 2.56 bits per heavy atom. The molecule has 1 aromatic rings. The second-order valence-electron chi connectivity index (χ2n) is 4.07. The van der Waals surface area contributed by atoms with E-state index in [1.807, 2.05) is 0 Å². The van der Waals surface area contributed by atoms with Gasteiger partial charge < -0.3 is 10.5 Å². The second kappa shape index (κ2) is 5.02. The van der Waals surface area contributed by atoms with Crippen LogP contribution >= 0.6 is 11.6 Å². The molecule has 0 aliphatic carbocycles. The van der Waals surface area contributed by atoms with Crippen LogP contribution in [0.25, 0.3) is 0 Å². The van der Waals surface area contributed by atoms with Crippen LogP contribution in [-0.2, 0) is 5.67 Å². The molecule has 0 fully saturated rings. The van der Waals surface area contributed by atoms with E-state index in [-0.39, 0.29) is 12.5 Å². The molecule has 1 rings (SSSR count). The molecular formula is C12H17ClFNO. The third-order valence-corrected chi connectivity index (χ3v) is 3.16. The predicted octanol–water partition coefficient (Wildman–Crippen LogP) is 3.13. The molecule has 0 bridgehead atoms. The van der Waals surface area contributed by atoms with Gasteiger partial charge in [0, 0.05) is 6.54 Å². The normalized spacial score (nSPS) is 14.9. The van der Waals surface area contributed by atoms with Crippen LogP contribution in [0.2, 0.25) is 5.02 Å². The molecule has 0 aromatic heterocycles. The summed E-state index contributed by atoms with van der Waals surface area (Å²) in [6.45, 7) is 3.54. The van der Waals surface area contributed by atoms with Crippen LogP contribution in [0, 0.1) is 5.92 Å². The minimum Gasteiger partial charge on any atom is -0.495 e. The molecule has 0 heterocycles. The van der Waals surface area contributed by atoms with E-state index in [9.17, 15) is 4.39 Å². The number of nitrogens with two attached hydrogens (primary N) is 1. The van der Waals surface area contributed by atoms with E-state index in [0.29, 0.717) is 16.3 Å². The first-order valence-electron chi connectivity index (χ1n) is 5.18. The molecule has 0 saturated heterocycles. The van der Waals surface area contributed by atoms with E-state index in [2.05, 4.69) is 0 Å². The lowest BCUT2D eigenvalue weighted by molar-refractivity contribution is 0.109. The predicted molar refractivity (Wildman–Crippen MR) is 64.7 cm³/mol. The lowest BCUT2D eigenvalue weighted by Crippen LogP contribution is -2.35. The first-order chi connectivity index (χ1) is 7.45. The highest BCUT2D eigenvalue weighted by molar-refractivity contribution is 6.32. The summed E-state index contributed by atoms with van der Waals surface area (Å²) in [6, 6.07) is 4.88. The summed E-state index contributed by atoms with van der Waals surface area (Å²) in [5, 5.41) is 0.467. The number of hydrogen-bond donors (Lipinski definition) is 1. The Kier molecular flexibility index (Phi) is 4.16. The van der Waals surface area contributed by atoms with E-state index in [1.54, 1.807) is 32.0 Å². The van der Waals surface area contributed by atoms with Crippen LogP contribution in [0.5, 0.6) is 5.75 Å². The Labute approximate surface area is 101 Å². The smallest absolute Gasteiger partial charge is 0.150 e. The summed E-state index contributed by atoms with van der Waals surface area (Å²) in [7, 11) is 1.50. The van der Waals surface area contributed by atoms with Crippen molar-refractivity contribution in [3.8, 4) is 5.75 Å². The molecule has 0 radical (unpaired) electrons. The van der Waals surface area contributed by atoms with Crippen molar-refractivity contribution < 1.29 is 9.13 Å². The van der Waals surface area contributed by atoms with Crippen molar-refractivity contribution in [2.24, 2.45) is 11.7 Å². The molecule has 90 valence electrons. The van der Waals surface area contributed by atoms with E-state index >= 15 is 0 Å². The topological polar surface area (TPSA) is 35.2 Å². The number of alkyl halides is 1. The Morgan fingerprint density at radius 2 is 2.12 bits per heavy atom. The van der Waals surface area contributed by atoms with Crippen molar-refractivity contribution in [1.29, 1.82) is 0 Å². The number of hydrogen-bond acceptors (Lipinski definition) is 2. The van der Waals surface area contributed by atoms with Crippen LogP contribution < -0.4 is 10.5 Å². The average Bonchev–Trinajstić information content (AvgIpc) is 2.28. The van der Waals surface area contributed by atoms with E-state index < -0.39 is 5.67 Å². The maximum absolute atomic E-state index is 14.6. The summed E-state index contributed by atoms with van der Waals surface area (Å²) >= 11 is 5.89. The Hall–Kier alpha value is -0.800. The largest absolute Gasteiger partial charge is 0.495 e. The average molecular weight is 246 g/mol. The van der Waals surface area contributed by atoms with Gasteiger partial charge >= 0.3 is 0 Å². The van der Waals surface area contributed by atoms with E-state index in [4.69, 9.17) is 22.1 Å². The fourth-order valence-corrected chi connectivity index (χ4v) is 1.80. The van der Waals surface area contributed by atoms with Crippen LogP contribution in [0.15, 0.2) is 18.2 Å². The SMILES string of the molecule is COc1cc(C(F)(CN)C(C)C)ccc1Cl. The van der Waals surface area contributed by atoms with Gasteiger partial charge in [0.05, 0.1) is 12.1 Å². The highest BCUT2D eigenvalue weighted by Gasteiger charge is 2.34. The molecule has 0 aliphatic rings. The Morgan fingerprint density at radius 1 is 1.50 bits per heavy atom. The van der Waals surface area contributed by atoms with Crippen molar-refractivity contribution in [3.05, 3.63) is 28.8 Å². The molecule has 1 aromatic carbocycles. The van der Waals surface area contributed by atoms with Crippen LogP contribution in [0.4, 0.5) is 4.39 Å². The lowest BCUT2D eigenvalue weighted by Gasteiger charge is -2.28. The third-order valence-electron chi connectivity index (χ3n) is 2.84. The first kappa shape index (κ1) is 13.3. The third kappa shape index (κ3) is 2.30. The molecule has 1 atom stereocenters. The number of ether oxygens (including phenoxy) is 1. The van der Waals surface area contributed by atoms with Gasteiger partial charge in [0.15, 0.2) is 5.67 Å². The molecule has 4 heteroatoms. The second-order valence-corrected chi connectivity index (χ2v) is 4.48. The molecule has 1 unspecified atom stereocenters. The highest BCUT2D eigenvalue weighted by atomic mass is 35.5. The van der Waals surface area contributed by atoms with Crippen LogP contribution in [0.3, 0.4) is 0 Å². The maximum atomic E-state index is 14.6. The number of halogens is 2. The molecule has 0 spiro atoms. The van der Waals surface area contributed by atoms with Gasteiger partial charge in [-0.3, -0.25) is 0 Å². The van der Waals surface area contributed by atoms with Gasteiger partial charge in [-0.05, 0) is 23.6 Å². The van der Waals surface area contributed by atoms with Crippen molar-refractivity contribution >= 4 is 11.6 Å². The van der Waals surface area contributed by atoms with Gasteiger partial charge in [-0.15, -0.1) is 0 Å². The monoisotopic (exact) mass is 245 g/mol. The zero-order valence-electron chi connectivity index (χ0n) is 9.76. The summed E-state index contributed by atoms with van der Waals surface area (Å²) < 4.78 is 19.7. The Bertz CT molecular complexity index is 370. The maximum Gasteiger partial charge on any atom is 0.150 e. The molecular weight excluding hydrogens is 229 g/mol. The summed E-state index contributed by atoms with van der Waals surface area (Å²) in [5.74, 6) is 0.263. The molecule has 0 aliphatic heterocycles. The van der Waals surface area contributed by atoms with Crippen LogP contribution in [0.1, 0.15) is 19.4 Å². The lowest BCUT2D eigenvalue weighted by atomic mass is 9.85. The summed E-state index contributed by atoms with van der Waals surface area (Å²) in [6.07, 6.45) is 0. The quantitative estimate of drug-likeness (QED) is 0.885. The van der Waals surface area contributed by atoms with Crippen LogP contribution in [-0.4, -0.2) is 13.7 Å². The minimum atomic E-state index is -1.54. The van der Waals surface area contributed by atoms with Crippen molar-refractivity contribution in [2.45, 2.75) is 19.5 Å². The fraction of sp³-hybridized carbons (Fsp3) is 0.500.